The van der Waals surface area contributed by atoms with Gasteiger partial charge in [0, 0.05) is 25.8 Å². The molecule has 0 aromatic heterocycles. The van der Waals surface area contributed by atoms with Crippen LogP contribution in [-0.4, -0.2) is 57.0 Å². The van der Waals surface area contributed by atoms with Crippen molar-refractivity contribution >= 4 is 27.3 Å². The monoisotopic (exact) mass is 449 g/mol. The zero-order chi connectivity index (χ0) is 22.6. The summed E-state index contributed by atoms with van der Waals surface area (Å²) in [6, 6.07) is 9.44. The average Bonchev–Trinajstić information content (AvgIpc) is 3.27. The van der Waals surface area contributed by atoms with Gasteiger partial charge in [-0.25, -0.2) is 8.42 Å². The predicted octanol–water partition coefficient (Wildman–Crippen LogP) is 2.66. The molecule has 1 unspecified atom stereocenters. The van der Waals surface area contributed by atoms with Crippen molar-refractivity contribution in [1.29, 1.82) is 0 Å². The molecular formula is C20H23N3O7S. The highest BCUT2D eigenvalue weighted by Gasteiger charge is 2.26. The molecule has 1 amide bonds. The lowest BCUT2D eigenvalue weighted by Crippen LogP contribution is -2.34. The maximum atomic E-state index is 12.8. The molecule has 0 bridgehead atoms. The van der Waals surface area contributed by atoms with Crippen molar-refractivity contribution in [3.63, 3.8) is 0 Å². The van der Waals surface area contributed by atoms with Gasteiger partial charge in [-0.05, 0) is 49.2 Å². The van der Waals surface area contributed by atoms with Gasteiger partial charge in [0.2, 0.25) is 10.0 Å². The molecule has 3 rings (SSSR count). The highest BCUT2D eigenvalue weighted by molar-refractivity contribution is 7.89. The first-order valence-corrected chi connectivity index (χ1v) is 11.0. The van der Waals surface area contributed by atoms with E-state index in [0.29, 0.717) is 6.61 Å². The van der Waals surface area contributed by atoms with Crippen LogP contribution in [0.3, 0.4) is 0 Å². The number of ether oxygens (including phenoxy) is 2. The molecule has 1 saturated heterocycles. The molecule has 1 atom stereocenters. The van der Waals surface area contributed by atoms with Gasteiger partial charge in [0.1, 0.15) is 11.4 Å². The number of methoxy groups -OCH3 is 1. The SMILES string of the molecule is COc1ccc(NC(=O)c2ccc(S(=O)(=O)N(C)CC3CCCO3)cc2)c([N+](=O)[O-])c1. The van der Waals surface area contributed by atoms with Crippen LogP contribution < -0.4 is 10.1 Å². The highest BCUT2D eigenvalue weighted by Crippen LogP contribution is 2.29. The summed E-state index contributed by atoms with van der Waals surface area (Å²) in [6.07, 6.45) is 1.61. The number of benzene rings is 2. The van der Waals surface area contributed by atoms with Crippen LogP contribution >= 0.6 is 0 Å². The molecule has 1 fully saturated rings. The van der Waals surface area contributed by atoms with Crippen LogP contribution in [0, 0.1) is 10.1 Å². The van der Waals surface area contributed by atoms with E-state index in [0.717, 1.165) is 12.8 Å². The Kier molecular flexibility index (Phi) is 6.88. The first kappa shape index (κ1) is 22.7. The smallest absolute Gasteiger partial charge is 0.296 e. The molecule has 0 spiro atoms. The zero-order valence-corrected chi connectivity index (χ0v) is 17.9. The minimum Gasteiger partial charge on any atom is -0.496 e. The maximum absolute atomic E-state index is 12.8. The number of nitrogens with zero attached hydrogens (tertiary/aromatic N) is 2. The topological polar surface area (TPSA) is 128 Å². The molecule has 2 aromatic carbocycles. The van der Waals surface area contributed by atoms with E-state index in [9.17, 15) is 23.3 Å². The standard InChI is InChI=1S/C20H23N3O7S/c1-22(13-16-4-3-11-30-16)31(27,28)17-8-5-14(6-9-17)20(24)21-18-10-7-15(29-2)12-19(18)23(25)26/h5-10,12,16H,3-4,11,13H2,1-2H3,(H,21,24). The third kappa shape index (κ3) is 5.19. The Balaban J connectivity index is 1.74. The van der Waals surface area contributed by atoms with Crippen LogP contribution in [0.2, 0.25) is 0 Å². The van der Waals surface area contributed by atoms with Gasteiger partial charge in [-0.15, -0.1) is 0 Å². The minimum atomic E-state index is -3.74. The fraction of sp³-hybridized carbons (Fsp3) is 0.350. The molecule has 0 radical (unpaired) electrons. The number of nitro groups is 1. The minimum absolute atomic E-state index is 0.00351. The third-order valence-electron chi connectivity index (χ3n) is 4.96. The summed E-state index contributed by atoms with van der Waals surface area (Å²) < 4.78 is 37.2. The normalized spacial score (nSPS) is 16.3. The molecule has 1 heterocycles. The predicted molar refractivity (Wildman–Crippen MR) is 113 cm³/mol. The molecule has 1 N–H and O–H groups in total. The fourth-order valence-electron chi connectivity index (χ4n) is 3.22. The second-order valence-electron chi connectivity index (χ2n) is 7.04. The van der Waals surface area contributed by atoms with Crippen LogP contribution in [0.4, 0.5) is 11.4 Å². The number of nitro benzene ring substituents is 1. The number of carbonyl (C=O) groups is 1. The number of hydrogen-bond donors (Lipinski definition) is 1. The summed E-state index contributed by atoms with van der Waals surface area (Å²) >= 11 is 0. The molecule has 11 heteroatoms. The molecule has 10 nitrogen and oxygen atoms in total. The van der Waals surface area contributed by atoms with Gasteiger partial charge in [0.25, 0.3) is 11.6 Å². The molecule has 31 heavy (non-hydrogen) atoms. The number of rotatable bonds is 8. The van der Waals surface area contributed by atoms with Crippen LogP contribution in [0.25, 0.3) is 0 Å². The van der Waals surface area contributed by atoms with Crippen molar-refractivity contribution in [3.05, 3.63) is 58.1 Å². The van der Waals surface area contributed by atoms with Crippen molar-refractivity contribution in [2.75, 3.05) is 32.6 Å². The molecule has 1 aliphatic heterocycles. The number of carbonyl (C=O) groups excluding carboxylic acids is 1. The number of nitrogens with one attached hydrogen (secondary N) is 1. The van der Waals surface area contributed by atoms with Crippen LogP contribution in [-0.2, 0) is 14.8 Å². The second kappa shape index (κ2) is 9.41. The van der Waals surface area contributed by atoms with Crippen molar-refractivity contribution in [2.45, 2.75) is 23.8 Å². The Hall–Kier alpha value is -3.02. The maximum Gasteiger partial charge on any atom is 0.296 e. The first-order valence-electron chi connectivity index (χ1n) is 9.54. The fourth-order valence-corrected chi connectivity index (χ4v) is 4.42. The summed E-state index contributed by atoms with van der Waals surface area (Å²) in [6.45, 7) is 0.889. The molecule has 0 aliphatic carbocycles. The Morgan fingerprint density at radius 2 is 2.00 bits per heavy atom. The lowest BCUT2D eigenvalue weighted by Gasteiger charge is -2.20. The van der Waals surface area contributed by atoms with Gasteiger partial charge in [0.05, 0.1) is 29.1 Å². The largest absolute Gasteiger partial charge is 0.496 e. The van der Waals surface area contributed by atoms with Crippen LogP contribution in [0.5, 0.6) is 5.75 Å². The van der Waals surface area contributed by atoms with E-state index in [1.807, 2.05) is 0 Å². The summed E-state index contributed by atoms with van der Waals surface area (Å²) in [5.41, 5.74) is -0.155. The second-order valence-corrected chi connectivity index (χ2v) is 9.08. The number of likely N-dealkylation sites (N-methyl/N-ethyl adjacent to an activating group) is 1. The van der Waals surface area contributed by atoms with E-state index in [1.54, 1.807) is 0 Å². The number of anilines is 1. The van der Waals surface area contributed by atoms with Gasteiger partial charge in [-0.3, -0.25) is 14.9 Å². The summed E-state index contributed by atoms with van der Waals surface area (Å²) in [5.74, 6) is -0.323. The van der Waals surface area contributed by atoms with Gasteiger partial charge in [-0.1, -0.05) is 0 Å². The Morgan fingerprint density at radius 3 is 2.58 bits per heavy atom. The quantitative estimate of drug-likeness (QED) is 0.485. The van der Waals surface area contributed by atoms with Crippen LogP contribution in [0.1, 0.15) is 23.2 Å². The summed E-state index contributed by atoms with van der Waals surface area (Å²) in [5, 5.41) is 13.7. The number of amides is 1. The van der Waals surface area contributed by atoms with E-state index in [2.05, 4.69) is 5.32 Å². The number of sulfonamides is 1. The lowest BCUT2D eigenvalue weighted by molar-refractivity contribution is -0.384. The molecule has 1 aliphatic rings. The lowest BCUT2D eigenvalue weighted by atomic mass is 10.2. The summed E-state index contributed by atoms with van der Waals surface area (Å²) in [4.78, 5) is 23.2. The molecule has 0 saturated carbocycles. The number of hydrogen-bond acceptors (Lipinski definition) is 7. The van der Waals surface area contributed by atoms with E-state index in [4.69, 9.17) is 9.47 Å². The van der Waals surface area contributed by atoms with E-state index < -0.39 is 20.9 Å². The Bertz CT molecular complexity index is 1060. The van der Waals surface area contributed by atoms with E-state index in [1.165, 1.54) is 60.9 Å². The van der Waals surface area contributed by atoms with Crippen molar-refractivity contribution in [3.8, 4) is 5.75 Å². The highest BCUT2D eigenvalue weighted by atomic mass is 32.2. The van der Waals surface area contributed by atoms with Crippen LogP contribution in [0.15, 0.2) is 47.4 Å². The van der Waals surface area contributed by atoms with Crippen molar-refractivity contribution in [2.24, 2.45) is 0 Å². The summed E-state index contributed by atoms with van der Waals surface area (Å²) in [7, 11) is -0.868. The molecule has 166 valence electrons. The average molecular weight is 449 g/mol. The third-order valence-corrected chi connectivity index (χ3v) is 6.80. The van der Waals surface area contributed by atoms with Gasteiger partial charge in [0.15, 0.2) is 0 Å². The first-order chi connectivity index (χ1) is 14.7. The van der Waals surface area contributed by atoms with Crippen molar-refractivity contribution < 1.29 is 27.6 Å². The zero-order valence-electron chi connectivity index (χ0n) is 17.1. The van der Waals surface area contributed by atoms with E-state index >= 15 is 0 Å². The van der Waals surface area contributed by atoms with Crippen molar-refractivity contribution in [1.82, 2.24) is 4.31 Å². The van der Waals surface area contributed by atoms with Gasteiger partial charge >= 0.3 is 0 Å². The molecule has 2 aromatic rings. The molecular weight excluding hydrogens is 426 g/mol. The van der Waals surface area contributed by atoms with Gasteiger partial charge in [-0.2, -0.15) is 4.31 Å². The van der Waals surface area contributed by atoms with E-state index in [-0.39, 0.29) is 40.2 Å². The Morgan fingerprint density at radius 1 is 1.29 bits per heavy atom. The van der Waals surface area contributed by atoms with Gasteiger partial charge < -0.3 is 14.8 Å². The Labute approximate surface area is 180 Å².